The van der Waals surface area contributed by atoms with Crippen LogP contribution >= 0.6 is 11.6 Å². The fraction of sp³-hybridized carbons (Fsp3) is 0.368. The first-order chi connectivity index (χ1) is 12.4. The Kier molecular flexibility index (Phi) is 6.83. The Morgan fingerprint density at radius 1 is 1.27 bits per heavy atom. The van der Waals surface area contributed by atoms with Gasteiger partial charge in [-0.2, -0.15) is 0 Å². The van der Waals surface area contributed by atoms with Gasteiger partial charge in [0.25, 0.3) is 5.91 Å². The summed E-state index contributed by atoms with van der Waals surface area (Å²) >= 11 is 6.18. The third kappa shape index (κ3) is 4.65. The van der Waals surface area contributed by atoms with Crippen LogP contribution in [0.3, 0.4) is 0 Å². The van der Waals surface area contributed by atoms with Gasteiger partial charge in [0, 0.05) is 24.8 Å². The number of methoxy groups -OCH3 is 1. The van der Waals surface area contributed by atoms with Gasteiger partial charge >= 0.3 is 5.97 Å². The number of rotatable bonds is 7. The van der Waals surface area contributed by atoms with E-state index in [4.69, 9.17) is 11.6 Å². The number of nitrogens with one attached hydrogen (secondary N) is 1. The van der Waals surface area contributed by atoms with Gasteiger partial charge in [-0.25, -0.2) is 0 Å². The Labute approximate surface area is 157 Å². The van der Waals surface area contributed by atoms with E-state index >= 15 is 0 Å². The van der Waals surface area contributed by atoms with E-state index < -0.39 is 0 Å². The van der Waals surface area contributed by atoms with Crippen molar-refractivity contribution in [1.82, 2.24) is 4.57 Å². The van der Waals surface area contributed by atoms with Crippen molar-refractivity contribution < 1.29 is 19.4 Å². The van der Waals surface area contributed by atoms with Crippen LogP contribution in [0, 0.1) is 0 Å². The molecule has 1 amide bonds. The molecule has 0 fully saturated rings. The lowest BCUT2D eigenvalue weighted by atomic mass is 10.1. The second kappa shape index (κ2) is 8.87. The molecule has 2 rings (SSSR count). The van der Waals surface area contributed by atoms with Gasteiger partial charge in [-0.05, 0) is 43.7 Å². The maximum absolute atomic E-state index is 12.8. The molecule has 0 saturated carbocycles. The van der Waals surface area contributed by atoms with Crippen molar-refractivity contribution in [1.29, 1.82) is 0 Å². The fourth-order valence-electron chi connectivity index (χ4n) is 2.81. The van der Waals surface area contributed by atoms with Gasteiger partial charge in [0.15, 0.2) is 0 Å². The number of hydrogen-bond acceptors (Lipinski definition) is 4. The van der Waals surface area contributed by atoms with Crippen molar-refractivity contribution >= 4 is 29.2 Å². The second-order valence-corrected chi connectivity index (χ2v) is 6.58. The molecule has 140 valence electrons. The van der Waals surface area contributed by atoms with E-state index in [0.29, 0.717) is 28.4 Å². The third-order valence-electron chi connectivity index (χ3n) is 3.97. The predicted molar refractivity (Wildman–Crippen MR) is 101 cm³/mol. The maximum atomic E-state index is 12.8. The lowest BCUT2D eigenvalue weighted by molar-refractivity contribution is -0.139. The number of nitrogens with zero attached hydrogens (tertiary/aromatic N) is 1. The highest BCUT2D eigenvalue weighted by molar-refractivity contribution is 6.34. The van der Waals surface area contributed by atoms with Crippen LogP contribution in [0.1, 0.15) is 41.6 Å². The van der Waals surface area contributed by atoms with E-state index in [-0.39, 0.29) is 30.9 Å². The molecule has 7 heteroatoms. The normalized spacial score (nSPS) is 10.8. The van der Waals surface area contributed by atoms with E-state index in [1.54, 1.807) is 24.3 Å². The summed E-state index contributed by atoms with van der Waals surface area (Å²) in [6.45, 7) is 3.96. The standard InChI is InChI=1S/C19H23ClN2O4/c1-12(2)22-14(8-9-23)5-7-17(22)19(25)21-16-10-13(4-6-15(16)20)11-18(24)26-3/h4-7,10,12,23H,8-9,11H2,1-3H3,(H,21,25). The quantitative estimate of drug-likeness (QED) is 0.725. The zero-order valence-electron chi connectivity index (χ0n) is 15.1. The highest BCUT2D eigenvalue weighted by Crippen LogP contribution is 2.25. The molecule has 0 unspecified atom stereocenters. The highest BCUT2D eigenvalue weighted by atomic mass is 35.5. The van der Waals surface area contributed by atoms with Gasteiger partial charge in [0.1, 0.15) is 5.69 Å². The number of esters is 1. The lowest BCUT2D eigenvalue weighted by Crippen LogP contribution is -2.20. The first-order valence-electron chi connectivity index (χ1n) is 8.35. The monoisotopic (exact) mass is 378 g/mol. The minimum Gasteiger partial charge on any atom is -0.469 e. The van der Waals surface area contributed by atoms with Crippen molar-refractivity contribution in [2.45, 2.75) is 32.7 Å². The summed E-state index contributed by atoms with van der Waals surface area (Å²) < 4.78 is 6.55. The van der Waals surface area contributed by atoms with Crippen molar-refractivity contribution in [3.8, 4) is 0 Å². The van der Waals surface area contributed by atoms with Crippen LogP contribution in [0.4, 0.5) is 5.69 Å². The van der Waals surface area contributed by atoms with Crippen molar-refractivity contribution in [3.63, 3.8) is 0 Å². The predicted octanol–water partition coefficient (Wildman–Crippen LogP) is 3.23. The zero-order valence-corrected chi connectivity index (χ0v) is 15.8. The average Bonchev–Trinajstić information content (AvgIpc) is 3.02. The Hall–Kier alpha value is -2.31. The van der Waals surface area contributed by atoms with Gasteiger partial charge in [-0.15, -0.1) is 0 Å². The third-order valence-corrected chi connectivity index (χ3v) is 4.30. The highest BCUT2D eigenvalue weighted by Gasteiger charge is 2.18. The average molecular weight is 379 g/mol. The van der Waals surface area contributed by atoms with Crippen LogP contribution in [0.25, 0.3) is 0 Å². The van der Waals surface area contributed by atoms with Crippen molar-refractivity contribution in [3.05, 3.63) is 52.3 Å². The summed E-state index contributed by atoms with van der Waals surface area (Å²) in [5.74, 6) is -0.674. The molecular weight excluding hydrogens is 356 g/mol. The Morgan fingerprint density at radius 2 is 2.00 bits per heavy atom. The minimum atomic E-state index is -0.369. The Bertz CT molecular complexity index is 799. The molecule has 1 aromatic heterocycles. The molecule has 1 heterocycles. The Balaban J connectivity index is 2.27. The molecule has 0 radical (unpaired) electrons. The first kappa shape index (κ1) is 20.0. The van der Waals surface area contributed by atoms with E-state index in [9.17, 15) is 14.7 Å². The summed E-state index contributed by atoms with van der Waals surface area (Å²) in [6.07, 6.45) is 0.570. The van der Waals surface area contributed by atoms with Crippen LogP contribution in [0.15, 0.2) is 30.3 Å². The molecule has 2 aromatic rings. The number of aliphatic hydroxyl groups excluding tert-OH is 1. The van der Waals surface area contributed by atoms with Gasteiger partial charge in [0.05, 0.1) is 24.2 Å². The second-order valence-electron chi connectivity index (χ2n) is 6.17. The molecule has 0 spiro atoms. The molecular formula is C19H23ClN2O4. The largest absolute Gasteiger partial charge is 0.469 e. The minimum absolute atomic E-state index is 0.0131. The fourth-order valence-corrected chi connectivity index (χ4v) is 2.97. The molecule has 26 heavy (non-hydrogen) atoms. The van der Waals surface area contributed by atoms with Crippen LogP contribution < -0.4 is 5.32 Å². The van der Waals surface area contributed by atoms with Crippen LogP contribution in [0.5, 0.6) is 0 Å². The number of aromatic nitrogens is 1. The van der Waals surface area contributed by atoms with Crippen molar-refractivity contribution in [2.24, 2.45) is 0 Å². The molecule has 6 nitrogen and oxygen atoms in total. The molecule has 0 aliphatic heterocycles. The van der Waals surface area contributed by atoms with Crippen LogP contribution in [-0.4, -0.2) is 35.3 Å². The molecule has 0 aliphatic rings. The first-order valence-corrected chi connectivity index (χ1v) is 8.72. The lowest BCUT2D eigenvalue weighted by Gasteiger charge is -2.17. The van der Waals surface area contributed by atoms with Crippen molar-refractivity contribution in [2.75, 3.05) is 19.0 Å². The van der Waals surface area contributed by atoms with Gasteiger partial charge in [-0.1, -0.05) is 17.7 Å². The number of aliphatic hydroxyl groups is 1. The number of carbonyl (C=O) groups excluding carboxylic acids is 2. The number of ether oxygens (including phenoxy) is 1. The maximum Gasteiger partial charge on any atom is 0.309 e. The molecule has 0 saturated heterocycles. The number of benzene rings is 1. The summed E-state index contributed by atoms with van der Waals surface area (Å²) in [5, 5.41) is 12.4. The molecule has 0 aliphatic carbocycles. The number of hydrogen-bond donors (Lipinski definition) is 2. The number of carbonyl (C=O) groups is 2. The van der Waals surface area contributed by atoms with Crippen LogP contribution in [0.2, 0.25) is 5.02 Å². The number of amides is 1. The summed E-state index contributed by atoms with van der Waals surface area (Å²) in [6, 6.07) is 8.63. The van der Waals surface area contributed by atoms with E-state index in [1.807, 2.05) is 24.5 Å². The Morgan fingerprint density at radius 3 is 2.62 bits per heavy atom. The van der Waals surface area contributed by atoms with E-state index in [2.05, 4.69) is 10.1 Å². The van der Waals surface area contributed by atoms with E-state index in [1.165, 1.54) is 7.11 Å². The molecule has 0 bridgehead atoms. The SMILES string of the molecule is COC(=O)Cc1ccc(Cl)c(NC(=O)c2ccc(CCO)n2C(C)C)c1. The topological polar surface area (TPSA) is 80.6 Å². The van der Waals surface area contributed by atoms with Gasteiger partial charge in [0.2, 0.25) is 0 Å². The van der Waals surface area contributed by atoms with Crippen LogP contribution in [-0.2, 0) is 22.4 Å². The summed E-state index contributed by atoms with van der Waals surface area (Å²) in [4.78, 5) is 24.2. The molecule has 0 atom stereocenters. The number of halogens is 1. The van der Waals surface area contributed by atoms with Gasteiger partial charge in [-0.3, -0.25) is 9.59 Å². The number of anilines is 1. The smallest absolute Gasteiger partial charge is 0.309 e. The summed E-state index contributed by atoms with van der Waals surface area (Å²) in [7, 11) is 1.32. The molecule has 2 N–H and O–H groups in total. The molecule has 1 aromatic carbocycles. The van der Waals surface area contributed by atoms with Gasteiger partial charge < -0.3 is 19.7 Å². The summed E-state index contributed by atoms with van der Waals surface area (Å²) in [5.41, 5.74) is 2.49. The van der Waals surface area contributed by atoms with E-state index in [0.717, 1.165) is 5.69 Å². The zero-order chi connectivity index (χ0) is 19.3.